The summed E-state index contributed by atoms with van der Waals surface area (Å²) in [5, 5.41) is 4.89. The lowest BCUT2D eigenvalue weighted by atomic mass is 9.84. The third-order valence-electron chi connectivity index (χ3n) is 5.16. The number of hydrogen-bond acceptors (Lipinski definition) is 5. The Morgan fingerprint density at radius 1 is 1.28 bits per heavy atom. The Morgan fingerprint density at radius 2 is 2.03 bits per heavy atom. The summed E-state index contributed by atoms with van der Waals surface area (Å²) in [6.45, 7) is 2.05. The van der Waals surface area contributed by atoms with Gasteiger partial charge in [-0.2, -0.15) is 0 Å². The first-order chi connectivity index (χ1) is 13.9. The number of sulfonamides is 1. The zero-order valence-electron chi connectivity index (χ0n) is 16.2. The van der Waals surface area contributed by atoms with Crippen LogP contribution in [0.2, 0.25) is 0 Å². The summed E-state index contributed by atoms with van der Waals surface area (Å²) in [4.78, 5) is 13.3. The van der Waals surface area contributed by atoms with Gasteiger partial charge in [0.25, 0.3) is 0 Å². The summed E-state index contributed by atoms with van der Waals surface area (Å²) in [7, 11) is -4.01. The second-order valence-electron chi connectivity index (χ2n) is 7.09. The fourth-order valence-electron chi connectivity index (χ4n) is 3.64. The Labute approximate surface area is 174 Å². The van der Waals surface area contributed by atoms with Gasteiger partial charge in [0.1, 0.15) is 0 Å². The molecule has 1 amide bonds. The Kier molecular flexibility index (Phi) is 6.92. The molecular formula is C20H25FN2O4S2. The van der Waals surface area contributed by atoms with Crippen molar-refractivity contribution in [3.63, 3.8) is 0 Å². The molecule has 1 aromatic heterocycles. The van der Waals surface area contributed by atoms with Gasteiger partial charge in [-0.25, -0.2) is 17.5 Å². The fourth-order valence-corrected chi connectivity index (χ4v) is 5.62. The minimum absolute atomic E-state index is 0.0142. The summed E-state index contributed by atoms with van der Waals surface area (Å²) in [5.74, 6) is -1.19. The molecule has 1 aliphatic rings. The van der Waals surface area contributed by atoms with Gasteiger partial charge in [0.2, 0.25) is 15.9 Å². The Bertz CT molecular complexity index is 939. The van der Waals surface area contributed by atoms with Gasteiger partial charge in [0, 0.05) is 16.8 Å². The summed E-state index contributed by atoms with van der Waals surface area (Å²) in [6, 6.07) is 7.49. The maximum Gasteiger partial charge on any atom is 0.241 e. The summed E-state index contributed by atoms with van der Waals surface area (Å²) < 4.78 is 46.0. The molecule has 1 aromatic carbocycles. The summed E-state index contributed by atoms with van der Waals surface area (Å²) in [6.07, 6.45) is 4.24. The number of benzene rings is 1. The van der Waals surface area contributed by atoms with Crippen molar-refractivity contribution in [2.45, 2.75) is 42.9 Å². The van der Waals surface area contributed by atoms with E-state index in [1.54, 1.807) is 18.3 Å². The molecule has 3 rings (SSSR count). The number of carbonyl (C=O) groups is 1. The quantitative estimate of drug-likeness (QED) is 0.627. The number of amides is 1. The van der Waals surface area contributed by atoms with Crippen LogP contribution in [0, 0.1) is 5.82 Å². The molecule has 0 bridgehead atoms. The molecule has 0 spiro atoms. The normalized spacial score (nSPS) is 15.9. The van der Waals surface area contributed by atoms with Crippen LogP contribution < -0.4 is 14.8 Å². The fraction of sp³-hybridized carbons (Fsp3) is 0.450. The molecule has 0 atom stereocenters. The van der Waals surface area contributed by atoms with E-state index in [0.29, 0.717) is 6.54 Å². The zero-order chi connectivity index (χ0) is 20.9. The van der Waals surface area contributed by atoms with Gasteiger partial charge in [0.05, 0.1) is 18.0 Å². The third kappa shape index (κ3) is 5.15. The molecule has 9 heteroatoms. The lowest BCUT2D eigenvalue weighted by molar-refractivity contribution is -0.120. The van der Waals surface area contributed by atoms with Gasteiger partial charge in [-0.3, -0.25) is 4.79 Å². The topological polar surface area (TPSA) is 84.5 Å². The van der Waals surface area contributed by atoms with Crippen molar-refractivity contribution >= 4 is 27.3 Å². The molecule has 6 nitrogen and oxygen atoms in total. The number of halogens is 1. The average molecular weight is 441 g/mol. The standard InChI is InChI=1S/C20H25FN2O4S2/c1-2-27-17-8-7-15(12-16(17)21)29(25,26)23-13-19(24)22-14-20(9-3-4-10-20)18-6-5-11-28-18/h5-8,11-12,23H,2-4,9-10,13-14H2,1H3,(H,22,24). The van der Waals surface area contributed by atoms with E-state index >= 15 is 0 Å². The van der Waals surface area contributed by atoms with Crippen molar-refractivity contribution in [3.05, 3.63) is 46.4 Å². The van der Waals surface area contributed by atoms with E-state index in [1.807, 2.05) is 11.4 Å². The Morgan fingerprint density at radius 3 is 2.66 bits per heavy atom. The zero-order valence-corrected chi connectivity index (χ0v) is 17.9. The van der Waals surface area contributed by atoms with Crippen molar-refractivity contribution in [3.8, 4) is 5.75 Å². The largest absolute Gasteiger partial charge is 0.491 e. The molecular weight excluding hydrogens is 415 g/mol. The van der Waals surface area contributed by atoms with Crippen molar-refractivity contribution < 1.29 is 22.3 Å². The van der Waals surface area contributed by atoms with Gasteiger partial charge in [-0.15, -0.1) is 11.3 Å². The van der Waals surface area contributed by atoms with Crippen molar-refractivity contribution in [2.75, 3.05) is 19.7 Å². The predicted molar refractivity (Wildman–Crippen MR) is 110 cm³/mol. The molecule has 0 aliphatic heterocycles. The minimum atomic E-state index is -4.01. The molecule has 29 heavy (non-hydrogen) atoms. The van der Waals surface area contributed by atoms with Crippen molar-refractivity contribution in [1.29, 1.82) is 0 Å². The highest BCUT2D eigenvalue weighted by Gasteiger charge is 2.36. The van der Waals surface area contributed by atoms with Gasteiger partial charge < -0.3 is 10.1 Å². The molecule has 0 radical (unpaired) electrons. The summed E-state index contributed by atoms with van der Waals surface area (Å²) in [5.41, 5.74) is -0.0685. The van der Waals surface area contributed by atoms with Crippen LogP contribution in [-0.4, -0.2) is 34.0 Å². The van der Waals surface area contributed by atoms with Crippen LogP contribution in [0.15, 0.2) is 40.6 Å². The molecule has 1 heterocycles. The molecule has 0 unspecified atom stereocenters. The van der Waals surface area contributed by atoms with Crippen LogP contribution >= 0.6 is 11.3 Å². The first kappa shape index (κ1) is 21.7. The maximum atomic E-state index is 13.9. The van der Waals surface area contributed by atoms with E-state index in [1.165, 1.54) is 17.0 Å². The monoisotopic (exact) mass is 440 g/mol. The minimum Gasteiger partial charge on any atom is -0.491 e. The van der Waals surface area contributed by atoms with E-state index in [2.05, 4.69) is 16.1 Å². The van der Waals surface area contributed by atoms with Gasteiger partial charge in [-0.1, -0.05) is 18.9 Å². The molecule has 2 N–H and O–H groups in total. The van der Waals surface area contributed by atoms with E-state index < -0.39 is 28.3 Å². The van der Waals surface area contributed by atoms with Crippen LogP contribution in [0.25, 0.3) is 0 Å². The molecule has 0 saturated heterocycles. The lowest BCUT2D eigenvalue weighted by Gasteiger charge is -2.28. The van der Waals surface area contributed by atoms with E-state index in [0.717, 1.165) is 31.7 Å². The number of nitrogens with one attached hydrogen (secondary N) is 2. The second kappa shape index (κ2) is 9.23. The lowest BCUT2D eigenvalue weighted by Crippen LogP contribution is -2.43. The molecule has 158 valence electrons. The first-order valence-electron chi connectivity index (χ1n) is 9.59. The number of thiophene rings is 1. The second-order valence-corrected chi connectivity index (χ2v) is 9.81. The highest BCUT2D eigenvalue weighted by atomic mass is 32.2. The van der Waals surface area contributed by atoms with Crippen LogP contribution in [0.1, 0.15) is 37.5 Å². The maximum absolute atomic E-state index is 13.9. The summed E-state index contributed by atoms with van der Waals surface area (Å²) >= 11 is 1.68. The van der Waals surface area contributed by atoms with Crippen molar-refractivity contribution in [2.24, 2.45) is 0 Å². The van der Waals surface area contributed by atoms with Crippen LogP contribution in [0.4, 0.5) is 4.39 Å². The van der Waals surface area contributed by atoms with Gasteiger partial charge in [0.15, 0.2) is 11.6 Å². The smallest absolute Gasteiger partial charge is 0.241 e. The van der Waals surface area contributed by atoms with Crippen LogP contribution in [0.3, 0.4) is 0 Å². The van der Waals surface area contributed by atoms with Gasteiger partial charge in [-0.05, 0) is 49.4 Å². The third-order valence-corrected chi connectivity index (χ3v) is 7.68. The molecule has 1 fully saturated rings. The van der Waals surface area contributed by atoms with Crippen LogP contribution in [0.5, 0.6) is 5.75 Å². The molecule has 2 aromatic rings. The predicted octanol–water partition coefficient (Wildman–Crippen LogP) is 3.19. The van der Waals surface area contributed by atoms with E-state index in [9.17, 15) is 17.6 Å². The van der Waals surface area contributed by atoms with Crippen LogP contribution in [-0.2, 0) is 20.2 Å². The molecule has 1 saturated carbocycles. The number of carbonyl (C=O) groups excluding carboxylic acids is 1. The highest BCUT2D eigenvalue weighted by molar-refractivity contribution is 7.89. The number of ether oxygens (including phenoxy) is 1. The van der Waals surface area contributed by atoms with Crippen molar-refractivity contribution in [1.82, 2.24) is 10.0 Å². The first-order valence-corrected chi connectivity index (χ1v) is 12.0. The number of hydrogen-bond donors (Lipinski definition) is 2. The van der Waals surface area contributed by atoms with E-state index in [-0.39, 0.29) is 22.7 Å². The Balaban J connectivity index is 1.58. The van der Waals surface area contributed by atoms with Gasteiger partial charge >= 0.3 is 0 Å². The molecule has 1 aliphatic carbocycles. The van der Waals surface area contributed by atoms with E-state index in [4.69, 9.17) is 4.74 Å². The highest BCUT2D eigenvalue weighted by Crippen LogP contribution is 2.42. The number of rotatable bonds is 9. The average Bonchev–Trinajstić information content (AvgIpc) is 3.39. The SMILES string of the molecule is CCOc1ccc(S(=O)(=O)NCC(=O)NCC2(c3cccs3)CCCC2)cc1F. The Hall–Kier alpha value is -1.97.